The molecule has 2 heteroatoms. The number of nitrogens with one attached hydrogen (secondary N) is 1. The van der Waals surface area contributed by atoms with Crippen molar-refractivity contribution in [2.45, 2.75) is 44.1 Å². The molecule has 2 fully saturated rings. The monoisotopic (exact) mass is 231 g/mol. The van der Waals surface area contributed by atoms with Gasteiger partial charge in [-0.05, 0) is 36.5 Å². The zero-order chi connectivity index (χ0) is 11.5. The van der Waals surface area contributed by atoms with Crippen molar-refractivity contribution in [2.75, 3.05) is 18.5 Å². The lowest BCUT2D eigenvalue weighted by Crippen LogP contribution is -2.08. The highest BCUT2D eigenvalue weighted by atomic mass is 16.6. The molecule has 2 aliphatic rings. The molecule has 3 rings (SSSR count). The summed E-state index contributed by atoms with van der Waals surface area (Å²) in [5.74, 6) is 0.810. The molecule has 1 heterocycles. The first kappa shape index (κ1) is 11.1. The van der Waals surface area contributed by atoms with Gasteiger partial charge in [0.2, 0.25) is 0 Å². The van der Waals surface area contributed by atoms with Gasteiger partial charge < -0.3 is 10.1 Å². The average molecular weight is 231 g/mol. The summed E-state index contributed by atoms with van der Waals surface area (Å²) in [5, 5.41) is 3.41. The lowest BCUT2D eigenvalue weighted by atomic mass is 9.84. The number of ether oxygens (including phenoxy) is 1. The second-order valence-electron chi connectivity index (χ2n) is 5.29. The summed E-state index contributed by atoms with van der Waals surface area (Å²) >= 11 is 0. The Hall–Kier alpha value is -1.02. The van der Waals surface area contributed by atoms with Crippen LogP contribution in [-0.2, 0) is 4.74 Å². The lowest BCUT2D eigenvalue weighted by Gasteiger charge is -2.22. The van der Waals surface area contributed by atoms with Gasteiger partial charge in [-0.1, -0.05) is 31.4 Å². The molecule has 0 bridgehead atoms. The third-order valence-electron chi connectivity index (χ3n) is 3.92. The molecule has 1 saturated heterocycles. The fourth-order valence-corrected chi connectivity index (χ4v) is 2.73. The van der Waals surface area contributed by atoms with E-state index in [-0.39, 0.29) is 0 Å². The van der Waals surface area contributed by atoms with Gasteiger partial charge in [-0.15, -0.1) is 0 Å². The second-order valence-corrected chi connectivity index (χ2v) is 5.29. The van der Waals surface area contributed by atoms with Crippen LogP contribution in [0.15, 0.2) is 24.3 Å². The van der Waals surface area contributed by atoms with E-state index in [0.717, 1.165) is 19.1 Å². The molecule has 1 aliphatic heterocycles. The molecule has 1 saturated carbocycles. The van der Waals surface area contributed by atoms with Crippen LogP contribution in [0.25, 0.3) is 0 Å². The summed E-state index contributed by atoms with van der Waals surface area (Å²) in [5.41, 5.74) is 2.75. The third-order valence-corrected chi connectivity index (χ3v) is 3.92. The summed E-state index contributed by atoms with van der Waals surface area (Å²) in [6.45, 7) is 1.87. The first-order valence-corrected chi connectivity index (χ1v) is 6.87. The van der Waals surface area contributed by atoms with Crippen molar-refractivity contribution in [3.05, 3.63) is 29.8 Å². The molecule has 92 valence electrons. The summed E-state index contributed by atoms with van der Waals surface area (Å²) in [7, 11) is 0. The summed E-state index contributed by atoms with van der Waals surface area (Å²) in [4.78, 5) is 0. The Bertz CT molecular complexity index is 350. The van der Waals surface area contributed by atoms with Crippen molar-refractivity contribution in [3.63, 3.8) is 0 Å². The third kappa shape index (κ3) is 3.01. The van der Waals surface area contributed by atoms with Crippen molar-refractivity contribution >= 4 is 5.69 Å². The van der Waals surface area contributed by atoms with Gasteiger partial charge in [0.05, 0.1) is 12.7 Å². The second kappa shape index (κ2) is 5.09. The van der Waals surface area contributed by atoms with Crippen LogP contribution < -0.4 is 5.32 Å². The Morgan fingerprint density at radius 3 is 2.41 bits per heavy atom. The molecule has 17 heavy (non-hydrogen) atoms. The SMILES string of the molecule is c1cc(C2CCCCC2)ccc1NCC1CO1. The summed E-state index contributed by atoms with van der Waals surface area (Å²) in [6.07, 6.45) is 7.45. The molecule has 1 atom stereocenters. The van der Waals surface area contributed by atoms with Crippen LogP contribution in [0.2, 0.25) is 0 Å². The molecule has 1 unspecified atom stereocenters. The van der Waals surface area contributed by atoms with Gasteiger partial charge >= 0.3 is 0 Å². The average Bonchev–Trinajstić information content (AvgIpc) is 3.22. The van der Waals surface area contributed by atoms with E-state index in [9.17, 15) is 0 Å². The fourth-order valence-electron chi connectivity index (χ4n) is 2.73. The summed E-state index contributed by atoms with van der Waals surface area (Å²) < 4.78 is 5.19. The minimum absolute atomic E-state index is 0.452. The van der Waals surface area contributed by atoms with Crippen molar-refractivity contribution < 1.29 is 4.74 Å². The van der Waals surface area contributed by atoms with Gasteiger partial charge in [-0.3, -0.25) is 0 Å². The fraction of sp³-hybridized carbons (Fsp3) is 0.600. The largest absolute Gasteiger partial charge is 0.382 e. The summed E-state index contributed by atoms with van der Waals surface area (Å²) in [6, 6.07) is 9.02. The molecule has 0 aromatic heterocycles. The predicted molar refractivity (Wildman–Crippen MR) is 70.5 cm³/mol. The van der Waals surface area contributed by atoms with Crippen molar-refractivity contribution in [3.8, 4) is 0 Å². The zero-order valence-corrected chi connectivity index (χ0v) is 10.3. The van der Waals surface area contributed by atoms with Crippen LogP contribution in [0, 0.1) is 0 Å². The molecule has 0 amide bonds. The maximum Gasteiger partial charge on any atom is 0.0981 e. The Morgan fingerprint density at radius 1 is 1.06 bits per heavy atom. The van der Waals surface area contributed by atoms with Gasteiger partial charge in [-0.25, -0.2) is 0 Å². The highest BCUT2D eigenvalue weighted by molar-refractivity contribution is 5.45. The lowest BCUT2D eigenvalue weighted by molar-refractivity contribution is 0.416. The highest BCUT2D eigenvalue weighted by Crippen LogP contribution is 2.32. The van der Waals surface area contributed by atoms with E-state index in [1.54, 1.807) is 0 Å². The molecule has 2 nitrogen and oxygen atoms in total. The van der Waals surface area contributed by atoms with Crippen LogP contribution in [0.1, 0.15) is 43.6 Å². The highest BCUT2D eigenvalue weighted by Gasteiger charge is 2.21. The van der Waals surface area contributed by atoms with Gasteiger partial charge in [0.15, 0.2) is 0 Å². The quantitative estimate of drug-likeness (QED) is 0.801. The van der Waals surface area contributed by atoms with Gasteiger partial charge in [0.1, 0.15) is 0 Å². The van der Waals surface area contributed by atoms with E-state index in [1.165, 1.54) is 43.4 Å². The molecule has 1 aromatic rings. The Labute approximate surface area is 103 Å². The molecule has 1 N–H and O–H groups in total. The van der Waals surface area contributed by atoms with Crippen LogP contribution >= 0.6 is 0 Å². The molecule has 1 aliphatic carbocycles. The van der Waals surface area contributed by atoms with Crippen LogP contribution in [0.3, 0.4) is 0 Å². The Morgan fingerprint density at radius 2 is 1.76 bits per heavy atom. The number of benzene rings is 1. The van der Waals surface area contributed by atoms with Crippen LogP contribution in [-0.4, -0.2) is 19.3 Å². The number of anilines is 1. The number of epoxide rings is 1. The van der Waals surface area contributed by atoms with E-state index in [2.05, 4.69) is 29.6 Å². The minimum atomic E-state index is 0.452. The molecular weight excluding hydrogens is 210 g/mol. The predicted octanol–water partition coefficient (Wildman–Crippen LogP) is 3.55. The minimum Gasteiger partial charge on any atom is -0.382 e. The maximum absolute atomic E-state index is 5.19. The molecule has 1 aromatic carbocycles. The van der Waals surface area contributed by atoms with Gasteiger partial charge in [0, 0.05) is 12.2 Å². The van der Waals surface area contributed by atoms with Crippen LogP contribution in [0.5, 0.6) is 0 Å². The first-order chi connectivity index (χ1) is 8.42. The van der Waals surface area contributed by atoms with E-state index >= 15 is 0 Å². The van der Waals surface area contributed by atoms with E-state index < -0.39 is 0 Å². The topological polar surface area (TPSA) is 24.6 Å². The maximum atomic E-state index is 5.19. The number of hydrogen-bond donors (Lipinski definition) is 1. The van der Waals surface area contributed by atoms with Crippen LogP contribution in [0.4, 0.5) is 5.69 Å². The number of rotatable bonds is 4. The first-order valence-electron chi connectivity index (χ1n) is 6.87. The Kier molecular flexibility index (Phi) is 3.32. The van der Waals surface area contributed by atoms with Crippen molar-refractivity contribution in [1.82, 2.24) is 0 Å². The molecular formula is C15H21NO. The van der Waals surface area contributed by atoms with Crippen molar-refractivity contribution in [1.29, 1.82) is 0 Å². The van der Waals surface area contributed by atoms with E-state index in [0.29, 0.717) is 6.10 Å². The normalized spacial score (nSPS) is 24.6. The van der Waals surface area contributed by atoms with Gasteiger partial charge in [0.25, 0.3) is 0 Å². The Balaban J connectivity index is 1.58. The van der Waals surface area contributed by atoms with E-state index in [1.807, 2.05) is 0 Å². The van der Waals surface area contributed by atoms with Crippen molar-refractivity contribution in [2.24, 2.45) is 0 Å². The van der Waals surface area contributed by atoms with Gasteiger partial charge in [-0.2, -0.15) is 0 Å². The molecule has 0 spiro atoms. The standard InChI is InChI=1S/C15H21NO/c1-2-4-12(5-3-1)13-6-8-14(9-7-13)16-10-15-11-17-15/h6-9,12,15-16H,1-5,10-11H2. The molecule has 0 radical (unpaired) electrons. The number of hydrogen-bond acceptors (Lipinski definition) is 2. The van der Waals surface area contributed by atoms with E-state index in [4.69, 9.17) is 4.74 Å². The zero-order valence-electron chi connectivity index (χ0n) is 10.3. The smallest absolute Gasteiger partial charge is 0.0981 e.